The minimum absolute atomic E-state index is 0.0332. The summed E-state index contributed by atoms with van der Waals surface area (Å²) in [5.74, 6) is -0.302. The number of amides is 1. The number of nitrogens with zero attached hydrogens (tertiary/aromatic N) is 1. The maximum atomic E-state index is 12.4. The third-order valence-corrected chi connectivity index (χ3v) is 5.14. The lowest BCUT2D eigenvalue weighted by Crippen LogP contribution is -2.59. The van der Waals surface area contributed by atoms with Gasteiger partial charge in [-0.2, -0.15) is 4.31 Å². The number of sulfonamides is 1. The average Bonchev–Trinajstić information content (AvgIpc) is 2.45. The molecule has 2 rings (SSSR count). The second-order valence-electron chi connectivity index (χ2n) is 5.79. The number of hydrogen-bond donors (Lipinski definition) is 1. The van der Waals surface area contributed by atoms with E-state index in [-0.39, 0.29) is 25.6 Å². The fourth-order valence-electron chi connectivity index (χ4n) is 2.43. The molecule has 1 N–H and O–H groups in total. The predicted octanol–water partition coefficient (Wildman–Crippen LogP) is 0.662. The molecule has 6 nitrogen and oxygen atoms in total. The molecule has 0 saturated carbocycles. The maximum absolute atomic E-state index is 12.4. The molecule has 1 aliphatic heterocycles. The van der Waals surface area contributed by atoms with Gasteiger partial charge in [-0.25, -0.2) is 8.42 Å². The number of aryl methyl sites for hydroxylation is 1. The number of hydrogen-bond acceptors (Lipinski definition) is 4. The van der Waals surface area contributed by atoms with Crippen LogP contribution in [-0.2, 0) is 26.1 Å². The summed E-state index contributed by atoms with van der Waals surface area (Å²) in [5.41, 5.74) is 0.954. The Hall–Kier alpha value is -1.44. The van der Waals surface area contributed by atoms with E-state index < -0.39 is 15.6 Å². The van der Waals surface area contributed by atoms with Gasteiger partial charge in [-0.1, -0.05) is 24.3 Å². The molecule has 1 saturated heterocycles. The molecule has 22 heavy (non-hydrogen) atoms. The molecule has 1 aromatic carbocycles. The third-order valence-electron chi connectivity index (χ3n) is 3.89. The summed E-state index contributed by atoms with van der Waals surface area (Å²) < 4.78 is 30.2. The van der Waals surface area contributed by atoms with Crippen molar-refractivity contribution < 1.29 is 17.9 Å². The zero-order chi connectivity index (χ0) is 16.4. The summed E-state index contributed by atoms with van der Waals surface area (Å²) in [4.78, 5) is 12.4. The molecule has 0 bridgehead atoms. The van der Waals surface area contributed by atoms with Gasteiger partial charge in [-0.05, 0) is 25.0 Å². The van der Waals surface area contributed by atoms with Crippen LogP contribution < -0.4 is 5.32 Å². The first kappa shape index (κ1) is 16.9. The summed E-state index contributed by atoms with van der Waals surface area (Å²) in [6.07, 6.45) is 1.14. The van der Waals surface area contributed by atoms with E-state index in [0.717, 1.165) is 17.4 Å². The SMILES string of the molecule is Cc1ccccc1CNC(=O)C1(C)CN(S(C)(=O)=O)CCO1. The van der Waals surface area contributed by atoms with Crippen LogP contribution in [-0.4, -0.2) is 50.2 Å². The summed E-state index contributed by atoms with van der Waals surface area (Å²) in [6, 6.07) is 7.78. The highest BCUT2D eigenvalue weighted by Gasteiger charge is 2.41. The average molecular weight is 326 g/mol. The van der Waals surface area contributed by atoms with Gasteiger partial charge in [0.15, 0.2) is 5.60 Å². The first-order valence-electron chi connectivity index (χ1n) is 7.14. The van der Waals surface area contributed by atoms with Crippen LogP contribution in [0.1, 0.15) is 18.1 Å². The Morgan fingerprint density at radius 2 is 2.09 bits per heavy atom. The lowest BCUT2D eigenvalue weighted by Gasteiger charge is -2.38. The van der Waals surface area contributed by atoms with Crippen molar-refractivity contribution in [1.82, 2.24) is 9.62 Å². The van der Waals surface area contributed by atoms with Gasteiger partial charge in [-0.3, -0.25) is 4.79 Å². The molecule has 1 fully saturated rings. The van der Waals surface area contributed by atoms with Gasteiger partial charge >= 0.3 is 0 Å². The number of benzene rings is 1. The first-order valence-corrected chi connectivity index (χ1v) is 8.99. The molecule has 1 aromatic rings. The van der Waals surface area contributed by atoms with Crippen LogP contribution in [0.4, 0.5) is 0 Å². The van der Waals surface area contributed by atoms with Crippen LogP contribution in [0.3, 0.4) is 0 Å². The zero-order valence-electron chi connectivity index (χ0n) is 13.1. The predicted molar refractivity (Wildman–Crippen MR) is 83.8 cm³/mol. The molecule has 122 valence electrons. The van der Waals surface area contributed by atoms with Gasteiger partial charge in [0, 0.05) is 13.1 Å². The Kier molecular flexibility index (Phi) is 4.89. The molecule has 1 amide bonds. The molecule has 1 unspecified atom stereocenters. The number of carbonyl (C=O) groups excluding carboxylic acids is 1. The van der Waals surface area contributed by atoms with Gasteiger partial charge < -0.3 is 10.1 Å². The number of nitrogens with one attached hydrogen (secondary N) is 1. The van der Waals surface area contributed by atoms with Gasteiger partial charge in [0.05, 0.1) is 19.4 Å². The van der Waals surface area contributed by atoms with E-state index in [1.807, 2.05) is 31.2 Å². The van der Waals surface area contributed by atoms with Crippen molar-refractivity contribution in [2.45, 2.75) is 26.0 Å². The Bertz CT molecular complexity index is 659. The number of rotatable bonds is 4. The van der Waals surface area contributed by atoms with E-state index >= 15 is 0 Å². The number of ether oxygens (including phenoxy) is 1. The van der Waals surface area contributed by atoms with Crippen molar-refractivity contribution in [2.24, 2.45) is 0 Å². The summed E-state index contributed by atoms with van der Waals surface area (Å²) in [5, 5.41) is 2.84. The van der Waals surface area contributed by atoms with Crippen LogP contribution in [0.2, 0.25) is 0 Å². The lowest BCUT2D eigenvalue weighted by molar-refractivity contribution is -0.152. The molecule has 1 aliphatic rings. The van der Waals surface area contributed by atoms with Crippen molar-refractivity contribution in [3.05, 3.63) is 35.4 Å². The lowest BCUT2D eigenvalue weighted by atomic mass is 10.0. The number of carbonyl (C=O) groups is 1. The van der Waals surface area contributed by atoms with Gasteiger partial charge in [0.1, 0.15) is 0 Å². The van der Waals surface area contributed by atoms with Gasteiger partial charge in [0.25, 0.3) is 5.91 Å². The minimum atomic E-state index is -3.33. The van der Waals surface area contributed by atoms with E-state index in [1.54, 1.807) is 6.92 Å². The summed E-state index contributed by atoms with van der Waals surface area (Å²) >= 11 is 0. The Morgan fingerprint density at radius 1 is 1.41 bits per heavy atom. The highest BCUT2D eigenvalue weighted by Crippen LogP contribution is 2.20. The molecule has 0 aromatic heterocycles. The van der Waals surface area contributed by atoms with Gasteiger partial charge in [-0.15, -0.1) is 0 Å². The normalized spacial score (nSPS) is 23.2. The van der Waals surface area contributed by atoms with E-state index in [1.165, 1.54) is 4.31 Å². The third kappa shape index (κ3) is 3.85. The summed E-state index contributed by atoms with van der Waals surface area (Å²) in [7, 11) is -3.33. The molecule has 0 aliphatic carbocycles. The van der Waals surface area contributed by atoms with Crippen molar-refractivity contribution in [2.75, 3.05) is 26.0 Å². The minimum Gasteiger partial charge on any atom is -0.363 e. The molecule has 1 atom stereocenters. The maximum Gasteiger partial charge on any atom is 0.253 e. The highest BCUT2D eigenvalue weighted by atomic mass is 32.2. The Morgan fingerprint density at radius 3 is 2.73 bits per heavy atom. The van der Waals surface area contributed by atoms with E-state index in [4.69, 9.17) is 4.74 Å². The smallest absolute Gasteiger partial charge is 0.253 e. The molecular formula is C15H22N2O4S. The van der Waals surface area contributed by atoms with Crippen LogP contribution in [0.5, 0.6) is 0 Å². The van der Waals surface area contributed by atoms with Crippen molar-refractivity contribution in [3.63, 3.8) is 0 Å². The largest absolute Gasteiger partial charge is 0.363 e. The monoisotopic (exact) mass is 326 g/mol. The molecular weight excluding hydrogens is 304 g/mol. The molecule has 1 heterocycles. The van der Waals surface area contributed by atoms with Crippen molar-refractivity contribution in [1.29, 1.82) is 0 Å². The fourth-order valence-corrected chi connectivity index (χ4v) is 3.31. The van der Waals surface area contributed by atoms with Crippen molar-refractivity contribution in [3.8, 4) is 0 Å². The van der Waals surface area contributed by atoms with Crippen LogP contribution in [0, 0.1) is 6.92 Å². The van der Waals surface area contributed by atoms with Crippen LogP contribution in [0.15, 0.2) is 24.3 Å². The molecule has 0 spiro atoms. The van der Waals surface area contributed by atoms with E-state index in [9.17, 15) is 13.2 Å². The second-order valence-corrected chi connectivity index (χ2v) is 7.77. The summed E-state index contributed by atoms with van der Waals surface area (Å²) in [6.45, 7) is 4.51. The molecule has 0 radical (unpaired) electrons. The second kappa shape index (κ2) is 6.36. The van der Waals surface area contributed by atoms with E-state index in [2.05, 4.69) is 5.32 Å². The topological polar surface area (TPSA) is 75.7 Å². The van der Waals surface area contributed by atoms with Crippen LogP contribution in [0.25, 0.3) is 0 Å². The molecule has 7 heteroatoms. The first-order chi connectivity index (χ1) is 10.2. The van der Waals surface area contributed by atoms with Gasteiger partial charge in [0.2, 0.25) is 10.0 Å². The quantitative estimate of drug-likeness (QED) is 0.882. The highest BCUT2D eigenvalue weighted by molar-refractivity contribution is 7.88. The number of morpholine rings is 1. The van der Waals surface area contributed by atoms with E-state index in [0.29, 0.717) is 6.54 Å². The fraction of sp³-hybridized carbons (Fsp3) is 0.533. The Balaban J connectivity index is 2.03. The zero-order valence-corrected chi connectivity index (χ0v) is 13.9. The standard InChI is InChI=1S/C15H22N2O4S/c1-12-6-4-5-7-13(12)10-16-14(18)15(2)11-17(8-9-21-15)22(3,19)20/h4-7H,8-11H2,1-3H3,(H,16,18). The Labute approximate surface area is 131 Å². The van der Waals surface area contributed by atoms with Crippen molar-refractivity contribution >= 4 is 15.9 Å². The van der Waals surface area contributed by atoms with Crippen LogP contribution >= 0.6 is 0 Å².